The van der Waals surface area contributed by atoms with E-state index in [-0.39, 0.29) is 29.6 Å². The number of hydrogen-bond donors (Lipinski definition) is 4. The van der Waals surface area contributed by atoms with Gasteiger partial charge in [-0.3, -0.25) is 9.59 Å². The van der Waals surface area contributed by atoms with Crippen LogP contribution in [0.15, 0.2) is 30.7 Å². The van der Waals surface area contributed by atoms with Gasteiger partial charge in [0.2, 0.25) is 5.91 Å². The van der Waals surface area contributed by atoms with E-state index >= 15 is 0 Å². The Kier molecular flexibility index (Phi) is 5.99. The number of nitrogens with zero attached hydrogens (tertiary/aromatic N) is 4. The van der Waals surface area contributed by atoms with Crippen molar-refractivity contribution in [2.75, 3.05) is 17.7 Å². The standard InChI is InChI=1S/C23H27FN8O2/c1-25-22(33)13-2-4-15(5-3-13)29-23(34)16-11-26-19(10-18(16)28-14-6-7-14)30-21-17(24)12-32-20(31-21)8-9-27-32/h8-15H,2-7H2,1H3,(H,25,33)(H,29,34)(H2,26,28,30,31). The first-order chi connectivity index (χ1) is 16.5. The van der Waals surface area contributed by atoms with Crippen LogP contribution in [0.2, 0.25) is 0 Å². The number of hydrogen-bond acceptors (Lipinski definition) is 7. The number of amides is 2. The monoisotopic (exact) mass is 466 g/mol. The number of rotatable bonds is 7. The Morgan fingerprint density at radius 2 is 1.88 bits per heavy atom. The summed E-state index contributed by atoms with van der Waals surface area (Å²) < 4.78 is 15.8. The Morgan fingerprint density at radius 3 is 2.62 bits per heavy atom. The number of anilines is 3. The van der Waals surface area contributed by atoms with Crippen LogP contribution in [0.4, 0.5) is 21.7 Å². The average molecular weight is 467 g/mol. The molecule has 4 N–H and O–H groups in total. The Balaban J connectivity index is 1.31. The van der Waals surface area contributed by atoms with E-state index in [0.717, 1.165) is 38.5 Å². The highest BCUT2D eigenvalue weighted by atomic mass is 19.1. The molecule has 3 aromatic heterocycles. The van der Waals surface area contributed by atoms with E-state index in [1.165, 1.54) is 16.9 Å². The molecule has 2 amide bonds. The van der Waals surface area contributed by atoms with Crippen molar-refractivity contribution in [3.8, 4) is 0 Å². The summed E-state index contributed by atoms with van der Waals surface area (Å²) in [5.41, 5.74) is 1.58. The van der Waals surface area contributed by atoms with Gasteiger partial charge in [0.05, 0.1) is 23.6 Å². The third-order valence-electron chi connectivity index (χ3n) is 6.35. The molecule has 3 heterocycles. The molecule has 11 heteroatoms. The Morgan fingerprint density at radius 1 is 1.12 bits per heavy atom. The van der Waals surface area contributed by atoms with Gasteiger partial charge in [-0.1, -0.05) is 0 Å². The molecule has 34 heavy (non-hydrogen) atoms. The second kappa shape index (κ2) is 9.24. The van der Waals surface area contributed by atoms with Crippen LogP contribution in [0.1, 0.15) is 48.9 Å². The molecule has 0 spiro atoms. The summed E-state index contributed by atoms with van der Waals surface area (Å²) >= 11 is 0. The molecular weight excluding hydrogens is 439 g/mol. The Bertz CT molecular complexity index is 1220. The van der Waals surface area contributed by atoms with Gasteiger partial charge in [0.15, 0.2) is 17.3 Å². The smallest absolute Gasteiger partial charge is 0.255 e. The van der Waals surface area contributed by atoms with Crippen LogP contribution < -0.4 is 21.3 Å². The van der Waals surface area contributed by atoms with Gasteiger partial charge >= 0.3 is 0 Å². The maximum absolute atomic E-state index is 14.5. The molecule has 5 rings (SSSR count). The van der Waals surface area contributed by atoms with Crippen LogP contribution in [0.3, 0.4) is 0 Å². The molecule has 0 aliphatic heterocycles. The van der Waals surface area contributed by atoms with Crippen LogP contribution >= 0.6 is 0 Å². The lowest BCUT2D eigenvalue weighted by Crippen LogP contribution is -2.40. The number of carbonyl (C=O) groups is 2. The molecule has 178 valence electrons. The van der Waals surface area contributed by atoms with Gasteiger partial charge in [0.25, 0.3) is 5.91 Å². The molecule has 10 nitrogen and oxygen atoms in total. The van der Waals surface area contributed by atoms with Crippen LogP contribution in [0.25, 0.3) is 5.65 Å². The van der Waals surface area contributed by atoms with Gasteiger partial charge in [-0.15, -0.1) is 0 Å². The molecule has 2 fully saturated rings. The molecule has 0 bridgehead atoms. The molecule has 0 aromatic carbocycles. The van der Waals surface area contributed by atoms with Crippen LogP contribution in [0.5, 0.6) is 0 Å². The summed E-state index contributed by atoms with van der Waals surface area (Å²) in [6.45, 7) is 0. The first kappa shape index (κ1) is 22.1. The van der Waals surface area contributed by atoms with E-state index in [1.54, 1.807) is 25.4 Å². The summed E-state index contributed by atoms with van der Waals surface area (Å²) in [6.07, 6.45) is 9.35. The molecule has 2 saturated carbocycles. The summed E-state index contributed by atoms with van der Waals surface area (Å²) in [5, 5.41) is 16.0. The fourth-order valence-corrected chi connectivity index (χ4v) is 4.28. The number of pyridine rings is 1. The van der Waals surface area contributed by atoms with Crippen molar-refractivity contribution in [2.45, 2.75) is 50.6 Å². The van der Waals surface area contributed by atoms with Gasteiger partial charge in [-0.25, -0.2) is 18.9 Å². The first-order valence-electron chi connectivity index (χ1n) is 11.6. The number of nitrogens with one attached hydrogen (secondary N) is 4. The average Bonchev–Trinajstić information content (AvgIpc) is 3.54. The van der Waals surface area contributed by atoms with Gasteiger partial charge in [0.1, 0.15) is 5.82 Å². The fourth-order valence-electron chi connectivity index (χ4n) is 4.28. The van der Waals surface area contributed by atoms with Crippen molar-refractivity contribution in [3.63, 3.8) is 0 Å². The Labute approximate surface area is 195 Å². The van der Waals surface area contributed by atoms with Gasteiger partial charge in [-0.2, -0.15) is 5.10 Å². The zero-order chi connectivity index (χ0) is 23.7. The highest BCUT2D eigenvalue weighted by Gasteiger charge is 2.28. The van der Waals surface area contributed by atoms with Crippen molar-refractivity contribution < 1.29 is 14.0 Å². The van der Waals surface area contributed by atoms with Crippen molar-refractivity contribution in [3.05, 3.63) is 42.1 Å². The molecule has 3 aromatic rings. The topological polar surface area (TPSA) is 125 Å². The van der Waals surface area contributed by atoms with Crippen molar-refractivity contribution in [1.29, 1.82) is 0 Å². The highest BCUT2D eigenvalue weighted by Crippen LogP contribution is 2.30. The maximum Gasteiger partial charge on any atom is 0.255 e. The fraction of sp³-hybridized carbons (Fsp3) is 0.435. The van der Waals surface area contributed by atoms with E-state index in [0.29, 0.717) is 28.8 Å². The number of halogens is 1. The normalized spacial score (nSPS) is 20.1. The van der Waals surface area contributed by atoms with E-state index in [9.17, 15) is 14.0 Å². The SMILES string of the molecule is CNC(=O)C1CCC(NC(=O)c2cnc(Nc3nc4ccnn4cc3F)cc2NC2CC2)CC1. The minimum atomic E-state index is -0.566. The minimum Gasteiger partial charge on any atom is -0.382 e. The van der Waals surface area contributed by atoms with E-state index in [2.05, 4.69) is 36.3 Å². The summed E-state index contributed by atoms with van der Waals surface area (Å²) in [5.74, 6) is -0.303. The quantitative estimate of drug-likeness (QED) is 0.422. The van der Waals surface area contributed by atoms with Crippen LogP contribution in [-0.2, 0) is 4.79 Å². The van der Waals surface area contributed by atoms with E-state index in [4.69, 9.17) is 0 Å². The second-order valence-electron chi connectivity index (χ2n) is 8.87. The zero-order valence-corrected chi connectivity index (χ0v) is 18.8. The van der Waals surface area contributed by atoms with Gasteiger partial charge in [0, 0.05) is 43.4 Å². The lowest BCUT2D eigenvalue weighted by Gasteiger charge is -2.28. The van der Waals surface area contributed by atoms with Crippen molar-refractivity contribution >= 4 is 34.8 Å². The third kappa shape index (κ3) is 4.78. The minimum absolute atomic E-state index is 0.00746. The summed E-state index contributed by atoms with van der Waals surface area (Å²) in [6, 6.07) is 3.70. The molecule has 0 saturated heterocycles. The van der Waals surface area contributed by atoms with Crippen molar-refractivity contribution in [2.24, 2.45) is 5.92 Å². The highest BCUT2D eigenvalue weighted by molar-refractivity contribution is 6.00. The maximum atomic E-state index is 14.5. The lowest BCUT2D eigenvalue weighted by atomic mass is 9.85. The largest absolute Gasteiger partial charge is 0.382 e. The zero-order valence-electron chi connectivity index (χ0n) is 18.8. The summed E-state index contributed by atoms with van der Waals surface area (Å²) in [4.78, 5) is 33.5. The third-order valence-corrected chi connectivity index (χ3v) is 6.35. The molecule has 2 aliphatic rings. The summed E-state index contributed by atoms with van der Waals surface area (Å²) in [7, 11) is 1.65. The lowest BCUT2D eigenvalue weighted by molar-refractivity contribution is -0.125. The molecule has 0 unspecified atom stereocenters. The van der Waals surface area contributed by atoms with Crippen LogP contribution in [0, 0.1) is 11.7 Å². The number of fused-ring (bicyclic) bond motifs is 1. The van der Waals surface area contributed by atoms with Gasteiger partial charge in [-0.05, 0) is 38.5 Å². The van der Waals surface area contributed by atoms with Crippen LogP contribution in [-0.4, -0.2) is 50.5 Å². The van der Waals surface area contributed by atoms with Crippen molar-refractivity contribution in [1.82, 2.24) is 30.2 Å². The number of aromatic nitrogens is 4. The van der Waals surface area contributed by atoms with E-state index in [1.807, 2.05) is 0 Å². The van der Waals surface area contributed by atoms with E-state index < -0.39 is 5.82 Å². The molecule has 0 radical (unpaired) electrons. The Hall–Kier alpha value is -3.76. The van der Waals surface area contributed by atoms with Gasteiger partial charge < -0.3 is 21.3 Å². The molecule has 2 aliphatic carbocycles. The predicted molar refractivity (Wildman–Crippen MR) is 124 cm³/mol. The first-order valence-corrected chi connectivity index (χ1v) is 11.6. The molecule has 0 atom stereocenters. The second-order valence-corrected chi connectivity index (χ2v) is 8.87. The number of carbonyl (C=O) groups excluding carboxylic acids is 2. The molecular formula is C23H27FN8O2. The predicted octanol–water partition coefficient (Wildman–Crippen LogP) is 2.62.